The molecule has 1 aromatic carbocycles. The SMILES string of the molecule is CCC(=O)N(CC(=O)N(Cc1cccn1Cc1cccc(OC)c1)C(C)(C)C)CC(C)C. The molecule has 0 saturated carbocycles. The van der Waals surface area contributed by atoms with Crippen LogP contribution in [0.4, 0.5) is 0 Å². The maximum atomic E-state index is 13.4. The van der Waals surface area contributed by atoms with Crippen molar-refractivity contribution >= 4 is 11.8 Å². The summed E-state index contributed by atoms with van der Waals surface area (Å²) in [6, 6.07) is 12.1. The number of ether oxygens (including phenoxy) is 1. The van der Waals surface area contributed by atoms with Crippen LogP contribution in [0.25, 0.3) is 0 Å². The molecule has 2 aromatic rings. The third kappa shape index (κ3) is 7.14. The number of aromatic nitrogens is 1. The Balaban J connectivity index is 2.22. The van der Waals surface area contributed by atoms with E-state index in [1.165, 1.54) is 0 Å². The zero-order valence-corrected chi connectivity index (χ0v) is 20.7. The van der Waals surface area contributed by atoms with Crippen LogP contribution < -0.4 is 4.74 Å². The van der Waals surface area contributed by atoms with Crippen LogP contribution in [0, 0.1) is 5.92 Å². The van der Waals surface area contributed by atoms with Crippen molar-refractivity contribution in [3.8, 4) is 5.75 Å². The van der Waals surface area contributed by atoms with E-state index >= 15 is 0 Å². The van der Waals surface area contributed by atoms with Crippen molar-refractivity contribution in [3.05, 3.63) is 53.9 Å². The Bertz CT molecular complexity index is 896. The highest BCUT2D eigenvalue weighted by Crippen LogP contribution is 2.21. The first-order valence-electron chi connectivity index (χ1n) is 11.4. The molecule has 176 valence electrons. The highest BCUT2D eigenvalue weighted by Gasteiger charge is 2.29. The Labute approximate surface area is 193 Å². The van der Waals surface area contributed by atoms with Gasteiger partial charge in [-0.3, -0.25) is 9.59 Å². The van der Waals surface area contributed by atoms with Crippen molar-refractivity contribution in [2.45, 2.75) is 66.6 Å². The molecule has 0 N–H and O–H groups in total. The van der Waals surface area contributed by atoms with Gasteiger partial charge in [-0.05, 0) is 56.5 Å². The summed E-state index contributed by atoms with van der Waals surface area (Å²) in [5.74, 6) is 1.12. The van der Waals surface area contributed by atoms with Crippen molar-refractivity contribution in [2.24, 2.45) is 5.92 Å². The molecule has 0 aliphatic carbocycles. The molecule has 0 aliphatic heterocycles. The van der Waals surface area contributed by atoms with Gasteiger partial charge >= 0.3 is 0 Å². The quantitative estimate of drug-likeness (QED) is 0.543. The number of rotatable bonds is 10. The first kappa shape index (κ1) is 25.5. The van der Waals surface area contributed by atoms with Gasteiger partial charge in [0.15, 0.2) is 0 Å². The number of nitrogens with zero attached hydrogens (tertiary/aromatic N) is 3. The molecule has 1 aromatic heterocycles. The van der Waals surface area contributed by atoms with E-state index in [1.807, 2.05) is 63.1 Å². The summed E-state index contributed by atoms with van der Waals surface area (Å²) in [7, 11) is 1.67. The van der Waals surface area contributed by atoms with Gasteiger partial charge in [0.05, 0.1) is 20.2 Å². The average Bonchev–Trinajstić information content (AvgIpc) is 3.16. The zero-order chi connectivity index (χ0) is 23.9. The number of hydrogen-bond acceptors (Lipinski definition) is 3. The van der Waals surface area contributed by atoms with Crippen LogP contribution in [0.2, 0.25) is 0 Å². The lowest BCUT2D eigenvalue weighted by molar-refractivity contribution is -0.144. The minimum atomic E-state index is -0.374. The zero-order valence-electron chi connectivity index (χ0n) is 20.7. The normalized spacial score (nSPS) is 11.5. The lowest BCUT2D eigenvalue weighted by Gasteiger charge is -2.37. The topological polar surface area (TPSA) is 54.8 Å². The largest absolute Gasteiger partial charge is 0.497 e. The Morgan fingerprint density at radius 3 is 2.41 bits per heavy atom. The van der Waals surface area contributed by atoms with Crippen molar-refractivity contribution in [2.75, 3.05) is 20.2 Å². The van der Waals surface area contributed by atoms with Crippen LogP contribution in [0.5, 0.6) is 5.75 Å². The van der Waals surface area contributed by atoms with Gasteiger partial charge in [0.25, 0.3) is 0 Å². The van der Waals surface area contributed by atoms with Gasteiger partial charge in [0.2, 0.25) is 11.8 Å². The van der Waals surface area contributed by atoms with Crippen LogP contribution >= 0.6 is 0 Å². The number of amides is 2. The molecular formula is C26H39N3O3. The second-order valence-electron chi connectivity index (χ2n) is 9.65. The Morgan fingerprint density at radius 1 is 1.09 bits per heavy atom. The van der Waals surface area contributed by atoms with E-state index in [2.05, 4.69) is 30.5 Å². The molecular weight excluding hydrogens is 402 g/mol. The minimum Gasteiger partial charge on any atom is -0.497 e. The van der Waals surface area contributed by atoms with E-state index in [4.69, 9.17) is 4.74 Å². The van der Waals surface area contributed by atoms with Gasteiger partial charge in [-0.15, -0.1) is 0 Å². The standard InChI is InChI=1S/C26H39N3O3/c1-8-24(30)28(16-20(2)3)19-25(31)29(26(4,5)6)18-22-12-10-14-27(22)17-21-11-9-13-23(15-21)32-7/h9-15,20H,8,16-19H2,1-7H3. The van der Waals surface area contributed by atoms with E-state index in [0.29, 0.717) is 32.0 Å². The maximum Gasteiger partial charge on any atom is 0.242 e. The molecule has 0 spiro atoms. The molecule has 2 amide bonds. The van der Waals surface area contributed by atoms with Crippen molar-refractivity contribution in [1.82, 2.24) is 14.4 Å². The highest BCUT2D eigenvalue weighted by molar-refractivity contribution is 5.85. The van der Waals surface area contributed by atoms with Gasteiger partial charge in [-0.2, -0.15) is 0 Å². The van der Waals surface area contributed by atoms with Gasteiger partial charge in [0, 0.05) is 36.9 Å². The second-order valence-corrected chi connectivity index (χ2v) is 9.65. The number of methoxy groups -OCH3 is 1. The summed E-state index contributed by atoms with van der Waals surface area (Å²) in [5.41, 5.74) is 1.81. The van der Waals surface area contributed by atoms with Gasteiger partial charge in [-0.1, -0.05) is 32.9 Å². The average molecular weight is 442 g/mol. The first-order chi connectivity index (χ1) is 15.0. The van der Waals surface area contributed by atoms with E-state index in [1.54, 1.807) is 12.0 Å². The van der Waals surface area contributed by atoms with Crippen molar-refractivity contribution < 1.29 is 14.3 Å². The van der Waals surface area contributed by atoms with Gasteiger partial charge in [-0.25, -0.2) is 0 Å². The Hall–Kier alpha value is -2.76. The lowest BCUT2D eigenvalue weighted by Crippen LogP contribution is -2.50. The molecule has 6 nitrogen and oxygen atoms in total. The van der Waals surface area contributed by atoms with Crippen LogP contribution in [-0.2, 0) is 22.7 Å². The molecule has 0 fully saturated rings. The molecule has 0 saturated heterocycles. The molecule has 0 radical (unpaired) electrons. The van der Waals surface area contributed by atoms with Gasteiger partial charge < -0.3 is 19.1 Å². The predicted molar refractivity (Wildman–Crippen MR) is 129 cm³/mol. The fraction of sp³-hybridized carbons (Fsp3) is 0.538. The van der Waals surface area contributed by atoms with Crippen molar-refractivity contribution in [3.63, 3.8) is 0 Å². The molecule has 2 rings (SSSR count). The number of benzene rings is 1. The van der Waals surface area contributed by atoms with E-state index in [0.717, 1.165) is 17.0 Å². The molecule has 0 bridgehead atoms. The molecule has 0 unspecified atom stereocenters. The first-order valence-corrected chi connectivity index (χ1v) is 11.4. The number of carbonyl (C=O) groups excluding carboxylic acids is 2. The fourth-order valence-electron chi connectivity index (χ4n) is 3.74. The number of hydrogen-bond donors (Lipinski definition) is 0. The Kier molecular flexibility index (Phi) is 8.93. The fourth-order valence-corrected chi connectivity index (χ4v) is 3.74. The maximum absolute atomic E-state index is 13.4. The molecule has 0 aliphatic rings. The highest BCUT2D eigenvalue weighted by atomic mass is 16.5. The third-order valence-electron chi connectivity index (χ3n) is 5.41. The summed E-state index contributed by atoms with van der Waals surface area (Å²) in [5, 5.41) is 0. The summed E-state index contributed by atoms with van der Waals surface area (Å²) in [6.07, 6.45) is 2.44. The van der Waals surface area contributed by atoms with E-state index in [-0.39, 0.29) is 23.9 Å². The lowest BCUT2D eigenvalue weighted by atomic mass is 10.0. The second kappa shape index (κ2) is 11.2. The van der Waals surface area contributed by atoms with Crippen LogP contribution in [0.1, 0.15) is 59.2 Å². The van der Waals surface area contributed by atoms with E-state index in [9.17, 15) is 9.59 Å². The smallest absolute Gasteiger partial charge is 0.242 e. The molecule has 32 heavy (non-hydrogen) atoms. The summed E-state index contributed by atoms with van der Waals surface area (Å²) in [6.45, 7) is 13.9. The molecule has 1 heterocycles. The summed E-state index contributed by atoms with van der Waals surface area (Å²) in [4.78, 5) is 29.4. The summed E-state index contributed by atoms with van der Waals surface area (Å²) < 4.78 is 7.50. The summed E-state index contributed by atoms with van der Waals surface area (Å²) >= 11 is 0. The van der Waals surface area contributed by atoms with Crippen LogP contribution in [-0.4, -0.2) is 51.9 Å². The van der Waals surface area contributed by atoms with Gasteiger partial charge in [0.1, 0.15) is 5.75 Å². The number of carbonyl (C=O) groups is 2. The monoisotopic (exact) mass is 441 g/mol. The minimum absolute atomic E-state index is 0.0160. The Morgan fingerprint density at radius 2 is 1.81 bits per heavy atom. The van der Waals surface area contributed by atoms with Crippen molar-refractivity contribution in [1.29, 1.82) is 0 Å². The molecule has 0 atom stereocenters. The van der Waals surface area contributed by atoms with Crippen LogP contribution in [0.15, 0.2) is 42.6 Å². The van der Waals surface area contributed by atoms with E-state index < -0.39 is 0 Å². The van der Waals surface area contributed by atoms with Crippen LogP contribution in [0.3, 0.4) is 0 Å². The molecule has 6 heteroatoms. The third-order valence-corrected chi connectivity index (χ3v) is 5.41. The predicted octanol–water partition coefficient (Wildman–Crippen LogP) is 4.57.